The molecule has 2 rings (SSSR count). The Bertz CT molecular complexity index is 600. The lowest BCUT2D eigenvalue weighted by molar-refractivity contribution is 0.621. The minimum atomic E-state index is -0.526. The number of rotatable bonds is 4. The Morgan fingerprint density at radius 2 is 1.85 bits per heavy atom. The predicted octanol–water partition coefficient (Wildman–Crippen LogP) is 4.38. The first kappa shape index (κ1) is 15.0. The zero-order chi connectivity index (χ0) is 14.7. The molecule has 0 aromatic heterocycles. The fourth-order valence-corrected chi connectivity index (χ4v) is 2.19. The zero-order valence-corrected chi connectivity index (χ0v) is 11.8. The summed E-state index contributed by atoms with van der Waals surface area (Å²) in [5, 5.41) is 3.32. The Hall–Kier alpha value is -1.36. The SMILES string of the molecule is NCC(Nc1cc(F)cc(Cl)c1)c1ccc(Cl)c(F)c1. The Morgan fingerprint density at radius 3 is 2.45 bits per heavy atom. The first-order chi connectivity index (χ1) is 9.49. The van der Waals surface area contributed by atoms with Gasteiger partial charge in [0.15, 0.2) is 0 Å². The average Bonchev–Trinajstić information content (AvgIpc) is 2.38. The molecule has 0 radical (unpaired) electrons. The van der Waals surface area contributed by atoms with E-state index in [0.29, 0.717) is 11.3 Å². The molecule has 3 N–H and O–H groups in total. The fourth-order valence-electron chi connectivity index (χ4n) is 1.85. The Morgan fingerprint density at radius 1 is 1.10 bits per heavy atom. The van der Waals surface area contributed by atoms with Crippen LogP contribution in [0.15, 0.2) is 36.4 Å². The van der Waals surface area contributed by atoms with Gasteiger partial charge in [-0.3, -0.25) is 0 Å². The van der Waals surface area contributed by atoms with Gasteiger partial charge in [-0.2, -0.15) is 0 Å². The van der Waals surface area contributed by atoms with Crippen LogP contribution in [-0.4, -0.2) is 6.54 Å². The van der Waals surface area contributed by atoms with E-state index in [1.165, 1.54) is 24.3 Å². The molecule has 0 fully saturated rings. The van der Waals surface area contributed by atoms with Crippen LogP contribution in [0.1, 0.15) is 11.6 Å². The van der Waals surface area contributed by atoms with E-state index in [0.717, 1.165) is 0 Å². The third kappa shape index (κ3) is 3.60. The minimum absolute atomic E-state index is 0.0401. The smallest absolute Gasteiger partial charge is 0.142 e. The van der Waals surface area contributed by atoms with Crippen molar-refractivity contribution in [2.45, 2.75) is 6.04 Å². The van der Waals surface area contributed by atoms with Crippen LogP contribution >= 0.6 is 23.2 Å². The van der Waals surface area contributed by atoms with Gasteiger partial charge in [-0.05, 0) is 35.9 Å². The maximum absolute atomic E-state index is 13.5. The van der Waals surface area contributed by atoms with E-state index in [-0.39, 0.29) is 22.6 Å². The molecule has 1 unspecified atom stereocenters. The monoisotopic (exact) mass is 316 g/mol. The third-order valence-electron chi connectivity index (χ3n) is 2.79. The first-order valence-corrected chi connectivity index (χ1v) is 6.63. The number of hydrogen-bond donors (Lipinski definition) is 2. The van der Waals surface area contributed by atoms with Gasteiger partial charge in [-0.1, -0.05) is 29.3 Å². The summed E-state index contributed by atoms with van der Waals surface area (Å²) < 4.78 is 26.7. The maximum atomic E-state index is 13.5. The number of benzene rings is 2. The number of hydrogen-bond acceptors (Lipinski definition) is 2. The van der Waals surface area contributed by atoms with Crippen LogP contribution in [0.2, 0.25) is 10.0 Å². The molecule has 0 saturated carbocycles. The highest BCUT2D eigenvalue weighted by molar-refractivity contribution is 6.31. The molecular formula is C14H12Cl2F2N2. The molecule has 0 heterocycles. The summed E-state index contributed by atoms with van der Waals surface area (Å²) in [7, 11) is 0. The fraction of sp³-hybridized carbons (Fsp3) is 0.143. The van der Waals surface area contributed by atoms with Gasteiger partial charge in [0, 0.05) is 17.3 Å². The molecule has 20 heavy (non-hydrogen) atoms. The number of nitrogens with two attached hydrogens (primary N) is 1. The van der Waals surface area contributed by atoms with Gasteiger partial charge in [0.05, 0.1) is 11.1 Å². The van der Waals surface area contributed by atoms with Gasteiger partial charge >= 0.3 is 0 Å². The molecule has 2 nitrogen and oxygen atoms in total. The van der Waals surface area contributed by atoms with E-state index >= 15 is 0 Å². The largest absolute Gasteiger partial charge is 0.377 e. The van der Waals surface area contributed by atoms with E-state index < -0.39 is 11.6 Å². The number of nitrogens with one attached hydrogen (secondary N) is 1. The zero-order valence-electron chi connectivity index (χ0n) is 10.3. The van der Waals surface area contributed by atoms with Gasteiger partial charge in [-0.25, -0.2) is 8.78 Å². The molecule has 1 atom stereocenters. The topological polar surface area (TPSA) is 38.0 Å². The second-order valence-corrected chi connectivity index (χ2v) is 5.11. The average molecular weight is 317 g/mol. The molecule has 2 aromatic rings. The van der Waals surface area contributed by atoms with E-state index in [2.05, 4.69) is 5.32 Å². The Kier molecular flexibility index (Phi) is 4.81. The lowest BCUT2D eigenvalue weighted by atomic mass is 10.1. The molecule has 0 aliphatic carbocycles. The molecule has 2 aromatic carbocycles. The van der Waals surface area contributed by atoms with Crippen molar-refractivity contribution in [3.63, 3.8) is 0 Å². The van der Waals surface area contributed by atoms with Crippen molar-refractivity contribution in [2.24, 2.45) is 5.73 Å². The second-order valence-electron chi connectivity index (χ2n) is 4.26. The number of halogens is 4. The number of anilines is 1. The molecule has 106 valence electrons. The highest BCUT2D eigenvalue weighted by Crippen LogP contribution is 2.25. The molecule has 0 aliphatic heterocycles. The van der Waals surface area contributed by atoms with Gasteiger partial charge in [0.25, 0.3) is 0 Å². The Labute approximate surface area is 125 Å². The summed E-state index contributed by atoms with van der Waals surface area (Å²) in [6.45, 7) is 0.204. The van der Waals surface area contributed by atoms with Crippen molar-refractivity contribution >= 4 is 28.9 Å². The van der Waals surface area contributed by atoms with Crippen LogP contribution in [0.4, 0.5) is 14.5 Å². The quantitative estimate of drug-likeness (QED) is 0.878. The standard InChI is InChI=1S/C14H12Cl2F2N2/c15-9-4-10(17)6-11(5-9)20-14(7-19)8-1-2-12(16)13(18)3-8/h1-6,14,20H,7,19H2. The molecule has 0 bridgehead atoms. The van der Waals surface area contributed by atoms with Crippen LogP contribution in [-0.2, 0) is 0 Å². The van der Waals surface area contributed by atoms with Crippen LogP contribution in [0.5, 0.6) is 0 Å². The van der Waals surface area contributed by atoms with Crippen molar-refractivity contribution in [1.82, 2.24) is 0 Å². The third-order valence-corrected chi connectivity index (χ3v) is 3.31. The van der Waals surface area contributed by atoms with E-state index in [1.54, 1.807) is 12.1 Å². The van der Waals surface area contributed by atoms with Gasteiger partial charge in [0.1, 0.15) is 11.6 Å². The summed E-state index contributed by atoms with van der Waals surface area (Å²) in [5.41, 5.74) is 6.77. The van der Waals surface area contributed by atoms with Gasteiger partial charge in [0.2, 0.25) is 0 Å². The summed E-state index contributed by atoms with van der Waals surface area (Å²) in [6.07, 6.45) is 0. The minimum Gasteiger partial charge on any atom is -0.377 e. The lowest BCUT2D eigenvalue weighted by Gasteiger charge is -2.19. The normalized spacial score (nSPS) is 12.2. The summed E-state index contributed by atoms with van der Waals surface area (Å²) in [6, 6.07) is 8.10. The lowest BCUT2D eigenvalue weighted by Crippen LogP contribution is -2.20. The summed E-state index contributed by atoms with van der Waals surface area (Å²) in [5.74, 6) is -0.986. The van der Waals surface area contributed by atoms with Crippen molar-refractivity contribution in [1.29, 1.82) is 0 Å². The predicted molar refractivity (Wildman–Crippen MR) is 78.2 cm³/mol. The van der Waals surface area contributed by atoms with Crippen LogP contribution < -0.4 is 11.1 Å². The molecule has 0 aliphatic rings. The first-order valence-electron chi connectivity index (χ1n) is 5.87. The summed E-state index contributed by atoms with van der Waals surface area (Å²) >= 11 is 11.4. The van der Waals surface area contributed by atoms with Crippen LogP contribution in [0, 0.1) is 11.6 Å². The van der Waals surface area contributed by atoms with Gasteiger partial charge in [-0.15, -0.1) is 0 Å². The summed E-state index contributed by atoms with van der Waals surface area (Å²) in [4.78, 5) is 0. The van der Waals surface area contributed by atoms with Crippen molar-refractivity contribution in [3.05, 3.63) is 63.6 Å². The molecule has 0 saturated heterocycles. The van der Waals surface area contributed by atoms with E-state index in [9.17, 15) is 8.78 Å². The van der Waals surface area contributed by atoms with Crippen LogP contribution in [0.25, 0.3) is 0 Å². The molecular weight excluding hydrogens is 305 g/mol. The van der Waals surface area contributed by atoms with Gasteiger partial charge < -0.3 is 11.1 Å². The van der Waals surface area contributed by atoms with Crippen molar-refractivity contribution in [3.8, 4) is 0 Å². The van der Waals surface area contributed by atoms with Crippen molar-refractivity contribution in [2.75, 3.05) is 11.9 Å². The molecule has 6 heteroatoms. The Balaban J connectivity index is 2.26. The van der Waals surface area contributed by atoms with E-state index in [4.69, 9.17) is 28.9 Å². The molecule has 0 spiro atoms. The van der Waals surface area contributed by atoms with E-state index in [1.807, 2.05) is 0 Å². The van der Waals surface area contributed by atoms with Crippen molar-refractivity contribution < 1.29 is 8.78 Å². The van der Waals surface area contributed by atoms with Crippen LogP contribution in [0.3, 0.4) is 0 Å². The second kappa shape index (κ2) is 6.39. The highest BCUT2D eigenvalue weighted by atomic mass is 35.5. The highest BCUT2D eigenvalue weighted by Gasteiger charge is 2.12. The molecule has 0 amide bonds. The maximum Gasteiger partial charge on any atom is 0.142 e.